The maximum atomic E-state index is 10.7. The molecule has 0 spiro atoms. The van der Waals surface area contributed by atoms with Gasteiger partial charge in [0.2, 0.25) is 0 Å². The number of urea groups is 1. The fraction of sp³-hybridized carbons (Fsp3) is 0.900. The van der Waals surface area contributed by atoms with Crippen LogP contribution in [0.1, 0.15) is 27.7 Å². The molecule has 0 saturated heterocycles. The lowest BCUT2D eigenvalue weighted by molar-refractivity contribution is 0.0627. The van der Waals surface area contributed by atoms with Gasteiger partial charge in [-0.2, -0.15) is 0 Å². The summed E-state index contributed by atoms with van der Waals surface area (Å²) in [5, 5.41) is 2.56. The number of primary amides is 1. The first-order valence-electron chi connectivity index (χ1n) is 5.97. The van der Waals surface area contributed by atoms with E-state index in [-0.39, 0.29) is 5.54 Å². The molecule has 0 aliphatic carbocycles. The SMILES string of the molecule is CCO[Si](OCC)(OCC)C(C)CNC(N)=O. The first-order valence-corrected chi connectivity index (χ1v) is 7.77. The van der Waals surface area contributed by atoms with Gasteiger partial charge >= 0.3 is 14.8 Å². The van der Waals surface area contributed by atoms with Crippen LogP contribution in [-0.4, -0.2) is 41.2 Å². The maximum Gasteiger partial charge on any atom is 0.505 e. The Bertz CT molecular complexity index is 211. The maximum absolute atomic E-state index is 10.7. The Balaban J connectivity index is 4.64. The summed E-state index contributed by atoms with van der Waals surface area (Å²) in [7, 11) is -2.74. The summed E-state index contributed by atoms with van der Waals surface area (Å²) in [4.78, 5) is 10.7. The molecule has 0 heterocycles. The van der Waals surface area contributed by atoms with Gasteiger partial charge < -0.3 is 24.3 Å². The molecule has 0 fully saturated rings. The van der Waals surface area contributed by atoms with E-state index in [1.165, 1.54) is 0 Å². The van der Waals surface area contributed by atoms with E-state index in [1.807, 2.05) is 27.7 Å². The number of hydrogen-bond acceptors (Lipinski definition) is 4. The van der Waals surface area contributed by atoms with Crippen LogP contribution in [0.4, 0.5) is 4.79 Å². The summed E-state index contributed by atoms with van der Waals surface area (Å²) in [6.45, 7) is 9.58. The topological polar surface area (TPSA) is 82.8 Å². The molecular weight excluding hydrogens is 240 g/mol. The third-order valence-electron chi connectivity index (χ3n) is 2.22. The molecule has 17 heavy (non-hydrogen) atoms. The smallest absolute Gasteiger partial charge is 0.374 e. The monoisotopic (exact) mass is 264 g/mol. The van der Waals surface area contributed by atoms with E-state index in [9.17, 15) is 4.79 Å². The highest BCUT2D eigenvalue weighted by molar-refractivity contribution is 6.62. The van der Waals surface area contributed by atoms with E-state index in [4.69, 9.17) is 19.0 Å². The van der Waals surface area contributed by atoms with Crippen LogP contribution < -0.4 is 11.1 Å². The van der Waals surface area contributed by atoms with E-state index in [2.05, 4.69) is 5.32 Å². The second kappa shape index (κ2) is 8.46. The van der Waals surface area contributed by atoms with Crippen molar-refractivity contribution in [3.63, 3.8) is 0 Å². The predicted octanol–water partition coefficient (Wildman–Crippen LogP) is 1.09. The van der Waals surface area contributed by atoms with Gasteiger partial charge in [0.05, 0.1) is 0 Å². The van der Waals surface area contributed by atoms with Crippen molar-refractivity contribution in [3.05, 3.63) is 0 Å². The number of nitrogens with two attached hydrogens (primary N) is 1. The summed E-state index contributed by atoms with van der Waals surface area (Å²) in [5.41, 5.74) is 5.02. The van der Waals surface area contributed by atoms with Gasteiger partial charge in [0.1, 0.15) is 0 Å². The number of carbonyl (C=O) groups excluding carboxylic acids is 1. The average Bonchev–Trinajstić information content (AvgIpc) is 2.26. The molecule has 0 aliphatic heterocycles. The molecule has 0 aliphatic rings. The highest BCUT2D eigenvalue weighted by atomic mass is 28.4. The first-order chi connectivity index (χ1) is 8.02. The minimum Gasteiger partial charge on any atom is -0.374 e. The van der Waals surface area contributed by atoms with Crippen molar-refractivity contribution in [2.45, 2.75) is 33.2 Å². The lowest BCUT2D eigenvalue weighted by atomic mass is 10.5. The Morgan fingerprint density at radius 2 is 1.59 bits per heavy atom. The van der Waals surface area contributed by atoms with Gasteiger partial charge in [-0.05, 0) is 20.8 Å². The van der Waals surface area contributed by atoms with Crippen LogP contribution in [0.5, 0.6) is 0 Å². The van der Waals surface area contributed by atoms with Crippen LogP contribution in [0.25, 0.3) is 0 Å². The first kappa shape index (κ1) is 16.4. The van der Waals surface area contributed by atoms with Crippen LogP contribution >= 0.6 is 0 Å². The summed E-state index contributed by atoms with van der Waals surface area (Å²) in [6.07, 6.45) is 0. The van der Waals surface area contributed by atoms with Gasteiger partial charge in [0, 0.05) is 31.9 Å². The van der Waals surface area contributed by atoms with Gasteiger partial charge in [-0.25, -0.2) is 4.79 Å². The average molecular weight is 264 g/mol. The third-order valence-corrected chi connectivity index (χ3v) is 5.71. The molecule has 3 N–H and O–H groups in total. The van der Waals surface area contributed by atoms with Crippen molar-refractivity contribution in [1.82, 2.24) is 5.32 Å². The van der Waals surface area contributed by atoms with Crippen LogP contribution in [-0.2, 0) is 13.3 Å². The van der Waals surface area contributed by atoms with Crippen molar-refractivity contribution in [2.75, 3.05) is 26.4 Å². The molecule has 0 rings (SSSR count). The highest BCUT2D eigenvalue weighted by Gasteiger charge is 2.46. The summed E-state index contributed by atoms with van der Waals surface area (Å²) < 4.78 is 17.1. The molecule has 0 saturated carbocycles. The molecular formula is C10H24N2O4Si. The van der Waals surface area contributed by atoms with Crippen LogP contribution in [0.3, 0.4) is 0 Å². The number of nitrogens with one attached hydrogen (secondary N) is 1. The van der Waals surface area contributed by atoms with Gasteiger partial charge in [-0.1, -0.05) is 6.92 Å². The molecule has 0 aromatic carbocycles. The summed E-state index contributed by atoms with van der Waals surface area (Å²) in [6, 6.07) is -0.552. The molecule has 7 heteroatoms. The normalized spacial score (nSPS) is 13.4. The second-order valence-corrected chi connectivity index (χ2v) is 6.61. The van der Waals surface area contributed by atoms with Gasteiger partial charge in [-0.15, -0.1) is 0 Å². The molecule has 1 unspecified atom stereocenters. The Morgan fingerprint density at radius 1 is 1.18 bits per heavy atom. The van der Waals surface area contributed by atoms with Crippen LogP contribution in [0.2, 0.25) is 5.54 Å². The molecule has 6 nitrogen and oxygen atoms in total. The molecule has 102 valence electrons. The fourth-order valence-corrected chi connectivity index (χ4v) is 4.20. The zero-order valence-electron chi connectivity index (χ0n) is 11.1. The van der Waals surface area contributed by atoms with Crippen molar-refractivity contribution < 1.29 is 18.1 Å². The van der Waals surface area contributed by atoms with E-state index in [0.717, 1.165) is 0 Å². The molecule has 0 bridgehead atoms. The Hall–Kier alpha value is -0.633. The molecule has 1 atom stereocenters. The van der Waals surface area contributed by atoms with Crippen LogP contribution in [0.15, 0.2) is 0 Å². The number of rotatable bonds is 9. The molecule has 2 amide bonds. The molecule has 0 aromatic heterocycles. The van der Waals surface area contributed by atoms with Gasteiger partial charge in [0.25, 0.3) is 0 Å². The fourth-order valence-electron chi connectivity index (χ4n) is 1.53. The highest BCUT2D eigenvalue weighted by Crippen LogP contribution is 2.25. The van der Waals surface area contributed by atoms with Crippen molar-refractivity contribution in [2.24, 2.45) is 5.73 Å². The lowest BCUT2D eigenvalue weighted by Gasteiger charge is -2.33. The van der Waals surface area contributed by atoms with Crippen molar-refractivity contribution >= 4 is 14.8 Å². The van der Waals surface area contributed by atoms with E-state index < -0.39 is 14.8 Å². The van der Waals surface area contributed by atoms with E-state index in [1.54, 1.807) is 0 Å². The van der Waals surface area contributed by atoms with E-state index in [0.29, 0.717) is 26.4 Å². The van der Waals surface area contributed by atoms with Gasteiger partial charge in [0.15, 0.2) is 0 Å². The van der Waals surface area contributed by atoms with Crippen molar-refractivity contribution in [1.29, 1.82) is 0 Å². The standard InChI is InChI=1S/C10H24N2O4Si/c1-5-14-17(15-6-2,16-7-3)9(4)8-12-10(11)13/h9H,5-8H2,1-4H3,(H3,11,12,13). The third kappa shape index (κ3) is 5.49. The predicted molar refractivity (Wildman–Crippen MR) is 67.6 cm³/mol. The minimum atomic E-state index is -2.74. The zero-order valence-corrected chi connectivity index (χ0v) is 12.1. The Labute approximate surface area is 104 Å². The number of amides is 2. The summed E-state index contributed by atoms with van der Waals surface area (Å²) >= 11 is 0. The Morgan fingerprint density at radius 3 is 1.88 bits per heavy atom. The zero-order chi connectivity index (χ0) is 13.3. The van der Waals surface area contributed by atoms with E-state index >= 15 is 0 Å². The van der Waals surface area contributed by atoms with Crippen LogP contribution in [0, 0.1) is 0 Å². The Kier molecular flexibility index (Phi) is 8.14. The number of hydrogen-bond donors (Lipinski definition) is 2. The number of carbonyl (C=O) groups is 1. The van der Waals surface area contributed by atoms with Crippen molar-refractivity contribution in [3.8, 4) is 0 Å². The second-order valence-electron chi connectivity index (χ2n) is 3.55. The van der Waals surface area contributed by atoms with Gasteiger partial charge in [-0.3, -0.25) is 0 Å². The molecule has 0 aromatic rings. The quantitative estimate of drug-likeness (QED) is 0.611. The minimum absolute atomic E-state index is 0.0325. The summed E-state index contributed by atoms with van der Waals surface area (Å²) in [5.74, 6) is 0. The molecule has 0 radical (unpaired) electrons. The lowest BCUT2D eigenvalue weighted by Crippen LogP contribution is -2.52. The largest absolute Gasteiger partial charge is 0.505 e.